The van der Waals surface area contributed by atoms with Gasteiger partial charge in [-0.25, -0.2) is 0 Å². The van der Waals surface area contributed by atoms with Crippen molar-refractivity contribution < 1.29 is 14.3 Å². The van der Waals surface area contributed by atoms with Crippen molar-refractivity contribution in [3.8, 4) is 11.5 Å². The van der Waals surface area contributed by atoms with E-state index in [0.29, 0.717) is 12.2 Å². The predicted molar refractivity (Wildman–Crippen MR) is 114 cm³/mol. The van der Waals surface area contributed by atoms with Crippen LogP contribution in [0.5, 0.6) is 11.5 Å². The molecule has 148 valence electrons. The summed E-state index contributed by atoms with van der Waals surface area (Å²) >= 11 is 0. The Morgan fingerprint density at radius 1 is 0.897 bits per heavy atom. The SMILES string of the molecule is O=C(Nc1ccc(CCNCC2COc3ccccc3O2)cc1)c1ccccc1. The van der Waals surface area contributed by atoms with Gasteiger partial charge in [0.1, 0.15) is 12.7 Å². The minimum atomic E-state index is -0.101. The highest BCUT2D eigenvalue weighted by atomic mass is 16.6. The Labute approximate surface area is 170 Å². The van der Waals surface area contributed by atoms with Crippen LogP contribution in [-0.2, 0) is 6.42 Å². The van der Waals surface area contributed by atoms with Crippen LogP contribution in [0, 0.1) is 0 Å². The Morgan fingerprint density at radius 3 is 2.41 bits per heavy atom. The van der Waals surface area contributed by atoms with Crippen LogP contribution in [0.2, 0.25) is 0 Å². The van der Waals surface area contributed by atoms with Crippen molar-refractivity contribution in [3.63, 3.8) is 0 Å². The number of ether oxygens (including phenoxy) is 2. The van der Waals surface area contributed by atoms with E-state index in [0.717, 1.165) is 36.7 Å². The number of amides is 1. The molecule has 1 unspecified atom stereocenters. The highest BCUT2D eigenvalue weighted by molar-refractivity contribution is 6.04. The topological polar surface area (TPSA) is 59.6 Å². The molecule has 5 heteroatoms. The molecule has 2 N–H and O–H groups in total. The normalized spacial score (nSPS) is 15.0. The van der Waals surface area contributed by atoms with Crippen LogP contribution in [-0.4, -0.2) is 31.7 Å². The Kier molecular flexibility index (Phi) is 6.07. The average molecular weight is 388 g/mol. The number of hydrogen-bond acceptors (Lipinski definition) is 4. The molecule has 0 fully saturated rings. The second-order valence-electron chi connectivity index (χ2n) is 6.97. The molecule has 1 atom stereocenters. The third-order valence-corrected chi connectivity index (χ3v) is 4.78. The molecule has 5 nitrogen and oxygen atoms in total. The summed E-state index contributed by atoms with van der Waals surface area (Å²) in [6.07, 6.45) is 0.914. The van der Waals surface area contributed by atoms with Crippen LogP contribution in [0.25, 0.3) is 0 Å². The number of hydrogen-bond donors (Lipinski definition) is 2. The van der Waals surface area contributed by atoms with Crippen LogP contribution < -0.4 is 20.1 Å². The smallest absolute Gasteiger partial charge is 0.255 e. The third kappa shape index (κ3) is 5.15. The molecule has 1 aliphatic rings. The first-order valence-electron chi connectivity index (χ1n) is 9.82. The van der Waals surface area contributed by atoms with Gasteiger partial charge in [0.15, 0.2) is 11.5 Å². The van der Waals surface area contributed by atoms with Crippen molar-refractivity contribution in [2.24, 2.45) is 0 Å². The average Bonchev–Trinajstić information content (AvgIpc) is 2.78. The summed E-state index contributed by atoms with van der Waals surface area (Å²) in [6, 6.07) is 24.9. The molecule has 3 aromatic carbocycles. The molecule has 29 heavy (non-hydrogen) atoms. The van der Waals surface area contributed by atoms with E-state index in [1.807, 2.05) is 66.7 Å². The fraction of sp³-hybridized carbons (Fsp3) is 0.208. The number of benzene rings is 3. The molecule has 1 heterocycles. The van der Waals surface area contributed by atoms with Crippen molar-refractivity contribution >= 4 is 11.6 Å². The zero-order chi connectivity index (χ0) is 19.9. The maximum absolute atomic E-state index is 12.2. The summed E-state index contributed by atoms with van der Waals surface area (Å²) in [7, 11) is 0. The Morgan fingerprint density at radius 2 is 1.62 bits per heavy atom. The van der Waals surface area contributed by atoms with E-state index in [4.69, 9.17) is 9.47 Å². The lowest BCUT2D eigenvalue weighted by Gasteiger charge is -2.26. The third-order valence-electron chi connectivity index (χ3n) is 4.78. The van der Waals surface area contributed by atoms with E-state index in [2.05, 4.69) is 10.6 Å². The number of anilines is 1. The van der Waals surface area contributed by atoms with Crippen molar-refractivity contribution in [3.05, 3.63) is 90.0 Å². The standard InChI is InChI=1S/C24H24N2O3/c27-24(19-6-2-1-3-7-19)26-20-12-10-18(11-13-20)14-15-25-16-21-17-28-22-8-4-5-9-23(22)29-21/h1-13,21,25H,14-17H2,(H,26,27). The number of rotatable bonds is 7. The number of para-hydroxylation sites is 2. The molecule has 0 spiro atoms. The van der Waals surface area contributed by atoms with Gasteiger partial charge in [0.25, 0.3) is 5.91 Å². The molecular formula is C24H24N2O3. The van der Waals surface area contributed by atoms with Gasteiger partial charge in [-0.15, -0.1) is 0 Å². The van der Waals surface area contributed by atoms with Gasteiger partial charge < -0.3 is 20.1 Å². The molecule has 4 rings (SSSR count). The van der Waals surface area contributed by atoms with Crippen LogP contribution >= 0.6 is 0 Å². The van der Waals surface area contributed by atoms with Crippen molar-refractivity contribution in [1.82, 2.24) is 5.32 Å². The molecule has 0 aliphatic carbocycles. The van der Waals surface area contributed by atoms with Gasteiger partial charge in [0.05, 0.1) is 0 Å². The number of fused-ring (bicyclic) bond motifs is 1. The van der Waals surface area contributed by atoms with Crippen LogP contribution in [0.15, 0.2) is 78.9 Å². The van der Waals surface area contributed by atoms with Crippen LogP contribution in [0.1, 0.15) is 15.9 Å². The molecule has 0 saturated heterocycles. The highest BCUT2D eigenvalue weighted by Crippen LogP contribution is 2.30. The second-order valence-corrected chi connectivity index (χ2v) is 6.97. The van der Waals surface area contributed by atoms with Crippen LogP contribution in [0.3, 0.4) is 0 Å². The van der Waals surface area contributed by atoms with E-state index in [1.165, 1.54) is 5.56 Å². The largest absolute Gasteiger partial charge is 0.486 e. The molecule has 3 aromatic rings. The second kappa shape index (κ2) is 9.26. The lowest BCUT2D eigenvalue weighted by molar-refractivity contribution is 0.0906. The van der Waals surface area contributed by atoms with Gasteiger partial charge in [0.2, 0.25) is 0 Å². The Balaban J connectivity index is 1.19. The summed E-state index contributed by atoms with van der Waals surface area (Å²) < 4.78 is 11.7. The molecule has 0 saturated carbocycles. The van der Waals surface area contributed by atoms with Gasteiger partial charge in [0, 0.05) is 17.8 Å². The Bertz CT molecular complexity index is 942. The molecule has 0 aromatic heterocycles. The monoisotopic (exact) mass is 388 g/mol. The maximum Gasteiger partial charge on any atom is 0.255 e. The first-order chi connectivity index (χ1) is 14.3. The van der Waals surface area contributed by atoms with Gasteiger partial charge in [-0.1, -0.05) is 42.5 Å². The summed E-state index contributed by atoms with van der Waals surface area (Å²) in [5.41, 5.74) is 2.65. The zero-order valence-corrected chi connectivity index (χ0v) is 16.1. The van der Waals surface area contributed by atoms with Gasteiger partial charge in [-0.3, -0.25) is 4.79 Å². The first kappa shape index (κ1) is 19.0. The summed E-state index contributed by atoms with van der Waals surface area (Å²) in [5.74, 6) is 1.51. The van der Waals surface area contributed by atoms with Crippen molar-refractivity contribution in [1.29, 1.82) is 0 Å². The van der Waals surface area contributed by atoms with Gasteiger partial charge in [-0.2, -0.15) is 0 Å². The molecule has 0 radical (unpaired) electrons. The van der Waals surface area contributed by atoms with Gasteiger partial charge in [-0.05, 0) is 54.9 Å². The van der Waals surface area contributed by atoms with Crippen molar-refractivity contribution in [2.45, 2.75) is 12.5 Å². The van der Waals surface area contributed by atoms with E-state index in [9.17, 15) is 4.79 Å². The van der Waals surface area contributed by atoms with E-state index >= 15 is 0 Å². The number of carbonyl (C=O) groups is 1. The fourth-order valence-corrected chi connectivity index (χ4v) is 3.21. The lowest BCUT2D eigenvalue weighted by Crippen LogP contribution is -2.39. The highest BCUT2D eigenvalue weighted by Gasteiger charge is 2.19. The van der Waals surface area contributed by atoms with E-state index in [1.54, 1.807) is 12.1 Å². The number of carbonyl (C=O) groups excluding carboxylic acids is 1. The lowest BCUT2D eigenvalue weighted by atomic mass is 10.1. The first-order valence-corrected chi connectivity index (χ1v) is 9.82. The molecule has 1 amide bonds. The van der Waals surface area contributed by atoms with Crippen LogP contribution in [0.4, 0.5) is 5.69 Å². The minimum Gasteiger partial charge on any atom is -0.486 e. The van der Waals surface area contributed by atoms with E-state index < -0.39 is 0 Å². The number of nitrogens with one attached hydrogen (secondary N) is 2. The predicted octanol–water partition coefficient (Wildman–Crippen LogP) is 3.91. The molecule has 0 bridgehead atoms. The maximum atomic E-state index is 12.2. The Hall–Kier alpha value is -3.31. The fourth-order valence-electron chi connectivity index (χ4n) is 3.21. The molecule has 1 aliphatic heterocycles. The van der Waals surface area contributed by atoms with Gasteiger partial charge >= 0.3 is 0 Å². The zero-order valence-electron chi connectivity index (χ0n) is 16.1. The summed E-state index contributed by atoms with van der Waals surface area (Å²) in [4.78, 5) is 12.2. The summed E-state index contributed by atoms with van der Waals surface area (Å²) in [5, 5.41) is 6.35. The molecular weight excluding hydrogens is 364 g/mol. The summed E-state index contributed by atoms with van der Waals surface area (Å²) in [6.45, 7) is 2.14. The van der Waals surface area contributed by atoms with E-state index in [-0.39, 0.29) is 12.0 Å². The quantitative estimate of drug-likeness (QED) is 0.603. The van der Waals surface area contributed by atoms with Crippen molar-refractivity contribution in [2.75, 3.05) is 25.0 Å². The minimum absolute atomic E-state index is 0.0143.